The Hall–Kier alpha value is -1.97. The summed E-state index contributed by atoms with van der Waals surface area (Å²) in [4.78, 5) is 13.8. The lowest BCUT2D eigenvalue weighted by Gasteiger charge is -2.16. The van der Waals surface area contributed by atoms with Crippen LogP contribution in [0.5, 0.6) is 11.5 Å². The number of nitrogens with zero attached hydrogens (tertiary/aromatic N) is 1. The SMILES string of the molecule is CCOc1ccc(C=CC(=O)N(CC)CC)c(OCC)c1. The van der Waals surface area contributed by atoms with Crippen LogP contribution in [-0.2, 0) is 4.79 Å². The van der Waals surface area contributed by atoms with E-state index in [2.05, 4.69) is 0 Å². The average molecular weight is 291 g/mol. The van der Waals surface area contributed by atoms with Gasteiger partial charge in [-0.3, -0.25) is 4.79 Å². The van der Waals surface area contributed by atoms with Crippen LogP contribution in [0.1, 0.15) is 33.3 Å². The minimum atomic E-state index is 0.0105. The minimum Gasteiger partial charge on any atom is -0.494 e. The number of rotatable bonds is 8. The number of benzene rings is 1. The van der Waals surface area contributed by atoms with Crippen LogP contribution >= 0.6 is 0 Å². The molecule has 0 unspecified atom stereocenters. The summed E-state index contributed by atoms with van der Waals surface area (Å²) in [5.74, 6) is 1.51. The highest BCUT2D eigenvalue weighted by molar-refractivity contribution is 5.92. The zero-order valence-electron chi connectivity index (χ0n) is 13.4. The molecule has 0 N–H and O–H groups in total. The fraction of sp³-hybridized carbons (Fsp3) is 0.471. The van der Waals surface area contributed by atoms with Crippen molar-refractivity contribution in [3.8, 4) is 11.5 Å². The lowest BCUT2D eigenvalue weighted by molar-refractivity contribution is -0.125. The van der Waals surface area contributed by atoms with Crippen molar-refractivity contribution < 1.29 is 14.3 Å². The summed E-state index contributed by atoms with van der Waals surface area (Å²) in [5, 5.41) is 0. The molecule has 0 spiro atoms. The van der Waals surface area contributed by atoms with Crippen LogP contribution in [-0.4, -0.2) is 37.1 Å². The Labute approximate surface area is 127 Å². The molecule has 0 atom stereocenters. The van der Waals surface area contributed by atoms with Crippen LogP contribution < -0.4 is 9.47 Å². The Morgan fingerprint density at radius 2 is 1.76 bits per heavy atom. The third-order valence-electron chi connectivity index (χ3n) is 3.08. The molecule has 0 saturated carbocycles. The van der Waals surface area contributed by atoms with E-state index in [1.807, 2.05) is 45.9 Å². The van der Waals surface area contributed by atoms with Gasteiger partial charge in [-0.1, -0.05) is 0 Å². The molecule has 0 saturated heterocycles. The smallest absolute Gasteiger partial charge is 0.246 e. The van der Waals surface area contributed by atoms with E-state index in [1.54, 1.807) is 17.1 Å². The van der Waals surface area contributed by atoms with Gasteiger partial charge in [-0.05, 0) is 45.9 Å². The van der Waals surface area contributed by atoms with E-state index in [0.717, 1.165) is 17.1 Å². The summed E-state index contributed by atoms with van der Waals surface area (Å²) < 4.78 is 11.1. The number of carbonyl (C=O) groups is 1. The number of hydrogen-bond acceptors (Lipinski definition) is 3. The molecule has 4 nitrogen and oxygen atoms in total. The van der Waals surface area contributed by atoms with Gasteiger partial charge in [0, 0.05) is 30.8 Å². The molecule has 1 aromatic carbocycles. The van der Waals surface area contributed by atoms with Crippen LogP contribution in [0.2, 0.25) is 0 Å². The van der Waals surface area contributed by atoms with Crippen molar-refractivity contribution in [3.63, 3.8) is 0 Å². The maximum absolute atomic E-state index is 12.0. The molecular weight excluding hydrogens is 266 g/mol. The van der Waals surface area contributed by atoms with E-state index in [1.165, 1.54) is 0 Å². The third kappa shape index (κ3) is 5.14. The van der Waals surface area contributed by atoms with Gasteiger partial charge in [0.15, 0.2) is 0 Å². The summed E-state index contributed by atoms with van der Waals surface area (Å²) in [5.41, 5.74) is 0.876. The molecular formula is C17H25NO3. The first-order chi connectivity index (χ1) is 10.2. The summed E-state index contributed by atoms with van der Waals surface area (Å²) in [7, 11) is 0. The first-order valence-electron chi connectivity index (χ1n) is 7.52. The molecule has 1 rings (SSSR count). The average Bonchev–Trinajstić information content (AvgIpc) is 2.48. The summed E-state index contributed by atoms with van der Waals surface area (Å²) >= 11 is 0. The fourth-order valence-electron chi connectivity index (χ4n) is 1.99. The van der Waals surface area contributed by atoms with Gasteiger partial charge in [-0.25, -0.2) is 0 Å². The standard InChI is InChI=1S/C17H25NO3/c1-5-18(6-2)17(19)12-10-14-9-11-15(20-7-3)13-16(14)21-8-4/h9-13H,5-8H2,1-4H3. The number of likely N-dealkylation sites (N-methyl/N-ethyl adjacent to an activating group) is 1. The van der Waals surface area contributed by atoms with Crippen molar-refractivity contribution in [3.05, 3.63) is 29.8 Å². The lowest BCUT2D eigenvalue weighted by Crippen LogP contribution is -2.28. The zero-order chi connectivity index (χ0) is 15.7. The summed E-state index contributed by atoms with van der Waals surface area (Å²) in [6, 6.07) is 5.64. The van der Waals surface area contributed by atoms with Crippen LogP contribution in [0.4, 0.5) is 0 Å². The van der Waals surface area contributed by atoms with Crippen molar-refractivity contribution in [2.24, 2.45) is 0 Å². The highest BCUT2D eigenvalue weighted by atomic mass is 16.5. The second kappa shape index (κ2) is 9.06. The zero-order valence-corrected chi connectivity index (χ0v) is 13.4. The van der Waals surface area contributed by atoms with Crippen molar-refractivity contribution in [1.29, 1.82) is 0 Å². The molecule has 4 heteroatoms. The minimum absolute atomic E-state index is 0.0105. The lowest BCUT2D eigenvalue weighted by atomic mass is 10.1. The second-order valence-corrected chi connectivity index (χ2v) is 4.41. The van der Waals surface area contributed by atoms with E-state index in [4.69, 9.17) is 9.47 Å². The largest absolute Gasteiger partial charge is 0.494 e. The molecule has 0 aromatic heterocycles. The maximum atomic E-state index is 12.0. The van der Waals surface area contributed by atoms with Crippen LogP contribution in [0.15, 0.2) is 24.3 Å². The molecule has 0 fully saturated rings. The van der Waals surface area contributed by atoms with Gasteiger partial charge in [-0.2, -0.15) is 0 Å². The second-order valence-electron chi connectivity index (χ2n) is 4.41. The monoisotopic (exact) mass is 291 g/mol. The van der Waals surface area contributed by atoms with Gasteiger partial charge >= 0.3 is 0 Å². The van der Waals surface area contributed by atoms with E-state index < -0.39 is 0 Å². The Kier molecular flexibility index (Phi) is 7.37. The predicted molar refractivity (Wildman–Crippen MR) is 85.7 cm³/mol. The number of amides is 1. The third-order valence-corrected chi connectivity index (χ3v) is 3.08. The molecule has 0 aliphatic carbocycles. The molecule has 21 heavy (non-hydrogen) atoms. The molecule has 0 aliphatic heterocycles. The van der Waals surface area contributed by atoms with Crippen LogP contribution in [0.3, 0.4) is 0 Å². The number of ether oxygens (including phenoxy) is 2. The van der Waals surface area contributed by atoms with Crippen LogP contribution in [0, 0.1) is 0 Å². The van der Waals surface area contributed by atoms with Crippen molar-refractivity contribution in [1.82, 2.24) is 4.90 Å². The highest BCUT2D eigenvalue weighted by Gasteiger charge is 2.07. The van der Waals surface area contributed by atoms with Gasteiger partial charge in [0.25, 0.3) is 0 Å². The first-order valence-corrected chi connectivity index (χ1v) is 7.52. The Balaban J connectivity index is 2.93. The number of hydrogen-bond donors (Lipinski definition) is 0. The van der Waals surface area contributed by atoms with Gasteiger partial charge in [0.1, 0.15) is 11.5 Å². The van der Waals surface area contributed by atoms with Crippen molar-refractivity contribution in [2.45, 2.75) is 27.7 Å². The Bertz CT molecular complexity index is 479. The van der Waals surface area contributed by atoms with Crippen LogP contribution in [0.25, 0.3) is 6.08 Å². The first kappa shape index (κ1) is 17.1. The molecule has 0 heterocycles. The normalized spacial score (nSPS) is 10.7. The van der Waals surface area contributed by atoms with Crippen molar-refractivity contribution in [2.75, 3.05) is 26.3 Å². The molecule has 0 aliphatic rings. The molecule has 0 radical (unpaired) electrons. The van der Waals surface area contributed by atoms with Crippen molar-refractivity contribution >= 4 is 12.0 Å². The summed E-state index contributed by atoms with van der Waals surface area (Å²) in [6.45, 7) is 10.4. The van der Waals surface area contributed by atoms with E-state index in [0.29, 0.717) is 26.3 Å². The van der Waals surface area contributed by atoms with E-state index >= 15 is 0 Å². The van der Waals surface area contributed by atoms with E-state index in [9.17, 15) is 4.79 Å². The topological polar surface area (TPSA) is 38.8 Å². The van der Waals surface area contributed by atoms with Gasteiger partial charge in [-0.15, -0.1) is 0 Å². The van der Waals surface area contributed by atoms with Gasteiger partial charge in [0.05, 0.1) is 13.2 Å². The van der Waals surface area contributed by atoms with Gasteiger partial charge < -0.3 is 14.4 Å². The molecule has 1 aromatic rings. The predicted octanol–water partition coefficient (Wildman–Crippen LogP) is 3.37. The summed E-state index contributed by atoms with van der Waals surface area (Å²) in [6.07, 6.45) is 3.38. The fourth-order valence-corrected chi connectivity index (χ4v) is 1.99. The number of carbonyl (C=O) groups excluding carboxylic acids is 1. The Morgan fingerprint density at radius 3 is 2.33 bits per heavy atom. The molecule has 116 valence electrons. The highest BCUT2D eigenvalue weighted by Crippen LogP contribution is 2.26. The maximum Gasteiger partial charge on any atom is 0.246 e. The molecule has 0 bridgehead atoms. The Morgan fingerprint density at radius 1 is 1.10 bits per heavy atom. The molecule has 1 amide bonds. The van der Waals surface area contributed by atoms with E-state index in [-0.39, 0.29) is 5.91 Å². The van der Waals surface area contributed by atoms with Gasteiger partial charge in [0.2, 0.25) is 5.91 Å². The quantitative estimate of drug-likeness (QED) is 0.689.